The van der Waals surface area contributed by atoms with Crippen LogP contribution in [-0.4, -0.2) is 0 Å². The summed E-state index contributed by atoms with van der Waals surface area (Å²) in [5, 5.41) is 0. The highest BCUT2D eigenvalue weighted by Crippen LogP contribution is 2.67. The van der Waals surface area contributed by atoms with Crippen LogP contribution >= 0.6 is 0 Å². The molecule has 0 heterocycles. The van der Waals surface area contributed by atoms with Gasteiger partial charge in [0.25, 0.3) is 0 Å². The topological polar surface area (TPSA) is 0 Å². The summed E-state index contributed by atoms with van der Waals surface area (Å²) in [7, 11) is 0. The Balaban J connectivity index is 1.65. The maximum absolute atomic E-state index is 2.72. The molecule has 0 amide bonds. The molecule has 4 aliphatic rings. The van der Waals surface area contributed by atoms with Crippen LogP contribution in [0.25, 0.3) is 0 Å². The average molecular weight is 303 g/mol. The van der Waals surface area contributed by atoms with E-state index in [2.05, 4.69) is 27.7 Å². The Labute approximate surface area is 138 Å². The van der Waals surface area contributed by atoms with E-state index in [4.69, 9.17) is 0 Å². The van der Waals surface area contributed by atoms with E-state index in [-0.39, 0.29) is 0 Å². The van der Waals surface area contributed by atoms with Crippen molar-refractivity contribution >= 4 is 0 Å². The quantitative estimate of drug-likeness (QED) is 0.467. The van der Waals surface area contributed by atoms with E-state index in [9.17, 15) is 0 Å². The molecule has 22 heavy (non-hydrogen) atoms. The molecule has 0 bridgehead atoms. The molecule has 0 heteroatoms. The molecule has 0 aromatic heterocycles. The van der Waals surface area contributed by atoms with Crippen LogP contribution in [0.3, 0.4) is 0 Å². The molecule has 126 valence electrons. The smallest absolute Gasteiger partial charge is 0.0266 e. The Morgan fingerprint density at radius 1 is 0.727 bits per heavy atom. The lowest BCUT2D eigenvalue weighted by Crippen LogP contribution is -2.56. The Kier molecular flexibility index (Phi) is 3.70. The van der Waals surface area contributed by atoms with Crippen molar-refractivity contribution in [3.05, 3.63) is 0 Å². The minimum atomic E-state index is 0.685. The van der Waals surface area contributed by atoms with Crippen molar-refractivity contribution in [3.8, 4) is 0 Å². The maximum atomic E-state index is 2.72. The summed E-state index contributed by atoms with van der Waals surface area (Å²) in [4.78, 5) is 0. The number of hydrogen-bond donors (Lipinski definition) is 0. The number of rotatable bonds is 0. The van der Waals surface area contributed by atoms with Crippen LogP contribution in [0.2, 0.25) is 0 Å². The third-order valence-corrected chi connectivity index (χ3v) is 9.59. The standard InChI is InChI=1S/C22H38/c1-15-10-12-22(4)17(13-15)8-9-18-19-7-5-6-11-21(19,3)16(2)14-20(18)22/h15-20H,5-14H2,1-4H3. The molecule has 0 aliphatic heterocycles. The van der Waals surface area contributed by atoms with E-state index in [0.717, 1.165) is 35.5 Å². The molecule has 4 saturated carbocycles. The van der Waals surface area contributed by atoms with Gasteiger partial charge in [0.05, 0.1) is 0 Å². The first-order chi connectivity index (χ1) is 10.4. The van der Waals surface area contributed by atoms with E-state index in [1.807, 2.05) is 0 Å². The van der Waals surface area contributed by atoms with Crippen molar-refractivity contribution in [1.82, 2.24) is 0 Å². The second-order valence-corrected chi connectivity index (χ2v) is 10.4. The predicted molar refractivity (Wildman–Crippen MR) is 94.7 cm³/mol. The third kappa shape index (κ3) is 2.07. The summed E-state index contributed by atoms with van der Waals surface area (Å²) in [5.74, 6) is 6.22. The Morgan fingerprint density at radius 3 is 2.36 bits per heavy atom. The molecule has 0 aromatic carbocycles. The summed E-state index contributed by atoms with van der Waals surface area (Å²) in [5.41, 5.74) is 1.38. The van der Waals surface area contributed by atoms with Crippen LogP contribution in [0.5, 0.6) is 0 Å². The number of fused-ring (bicyclic) bond motifs is 5. The van der Waals surface area contributed by atoms with Crippen molar-refractivity contribution in [2.24, 2.45) is 46.3 Å². The van der Waals surface area contributed by atoms with E-state index in [0.29, 0.717) is 10.8 Å². The second-order valence-electron chi connectivity index (χ2n) is 10.4. The van der Waals surface area contributed by atoms with E-state index in [1.54, 1.807) is 25.7 Å². The molecule has 0 radical (unpaired) electrons. The SMILES string of the molecule is CC1CCC2(C)C(CCC3C4CCCCC4(C)C(C)CC32)C1. The molecule has 4 aliphatic carbocycles. The van der Waals surface area contributed by atoms with Gasteiger partial charge < -0.3 is 0 Å². The molecule has 0 nitrogen and oxygen atoms in total. The van der Waals surface area contributed by atoms with E-state index >= 15 is 0 Å². The lowest BCUT2D eigenvalue weighted by molar-refractivity contribution is -0.150. The zero-order valence-electron chi connectivity index (χ0n) is 15.5. The lowest BCUT2D eigenvalue weighted by atomic mass is 9.41. The van der Waals surface area contributed by atoms with Crippen LogP contribution in [0.15, 0.2) is 0 Å². The zero-order chi connectivity index (χ0) is 15.5. The van der Waals surface area contributed by atoms with Gasteiger partial charge in [0.1, 0.15) is 0 Å². The van der Waals surface area contributed by atoms with Gasteiger partial charge in [-0.3, -0.25) is 0 Å². The Morgan fingerprint density at radius 2 is 1.55 bits per heavy atom. The average Bonchev–Trinajstić information content (AvgIpc) is 2.49. The highest BCUT2D eigenvalue weighted by Gasteiger charge is 2.58. The highest BCUT2D eigenvalue weighted by molar-refractivity contribution is 5.07. The van der Waals surface area contributed by atoms with Crippen LogP contribution < -0.4 is 0 Å². The summed E-state index contributed by atoms with van der Waals surface area (Å²) in [6.45, 7) is 10.5. The molecule has 0 N–H and O–H groups in total. The lowest BCUT2D eigenvalue weighted by Gasteiger charge is -2.64. The fourth-order valence-corrected chi connectivity index (χ4v) is 7.93. The van der Waals surface area contributed by atoms with Crippen molar-refractivity contribution in [3.63, 3.8) is 0 Å². The number of hydrogen-bond acceptors (Lipinski definition) is 0. The van der Waals surface area contributed by atoms with Crippen LogP contribution in [0.1, 0.15) is 91.9 Å². The maximum Gasteiger partial charge on any atom is -0.0266 e. The van der Waals surface area contributed by atoms with Gasteiger partial charge in [-0.2, -0.15) is 0 Å². The van der Waals surface area contributed by atoms with Crippen molar-refractivity contribution < 1.29 is 0 Å². The molecule has 8 atom stereocenters. The van der Waals surface area contributed by atoms with Crippen LogP contribution in [0.4, 0.5) is 0 Å². The molecule has 8 unspecified atom stereocenters. The van der Waals surface area contributed by atoms with Gasteiger partial charge in [-0.05, 0) is 91.3 Å². The van der Waals surface area contributed by atoms with Crippen molar-refractivity contribution in [2.45, 2.75) is 91.9 Å². The van der Waals surface area contributed by atoms with Gasteiger partial charge in [-0.25, -0.2) is 0 Å². The summed E-state index contributed by atoms with van der Waals surface area (Å²) in [6.07, 6.45) is 15.4. The molecular weight excluding hydrogens is 264 g/mol. The fourth-order valence-electron chi connectivity index (χ4n) is 7.93. The third-order valence-electron chi connectivity index (χ3n) is 9.59. The molecule has 0 saturated heterocycles. The molecule has 4 rings (SSSR count). The van der Waals surface area contributed by atoms with Gasteiger partial charge in [0, 0.05) is 0 Å². The van der Waals surface area contributed by atoms with Gasteiger partial charge in [0.15, 0.2) is 0 Å². The molecule has 0 spiro atoms. The van der Waals surface area contributed by atoms with E-state index in [1.165, 1.54) is 38.5 Å². The van der Waals surface area contributed by atoms with Crippen LogP contribution in [-0.2, 0) is 0 Å². The van der Waals surface area contributed by atoms with Crippen molar-refractivity contribution in [2.75, 3.05) is 0 Å². The summed E-state index contributed by atoms with van der Waals surface area (Å²) >= 11 is 0. The summed E-state index contributed by atoms with van der Waals surface area (Å²) in [6, 6.07) is 0. The zero-order valence-corrected chi connectivity index (χ0v) is 15.5. The monoisotopic (exact) mass is 302 g/mol. The fraction of sp³-hybridized carbons (Fsp3) is 1.00. The Hall–Kier alpha value is 0. The molecule has 4 fully saturated rings. The predicted octanol–water partition coefficient (Wildman–Crippen LogP) is 6.69. The Bertz CT molecular complexity index is 426. The van der Waals surface area contributed by atoms with Gasteiger partial charge in [-0.1, -0.05) is 47.0 Å². The van der Waals surface area contributed by atoms with Gasteiger partial charge >= 0.3 is 0 Å². The first kappa shape index (κ1) is 15.5. The van der Waals surface area contributed by atoms with Crippen LogP contribution in [0, 0.1) is 46.3 Å². The second kappa shape index (κ2) is 5.25. The van der Waals surface area contributed by atoms with Crippen molar-refractivity contribution in [1.29, 1.82) is 0 Å². The first-order valence-electron chi connectivity index (χ1n) is 10.4. The first-order valence-corrected chi connectivity index (χ1v) is 10.4. The minimum absolute atomic E-state index is 0.685. The van der Waals surface area contributed by atoms with Gasteiger partial charge in [-0.15, -0.1) is 0 Å². The largest absolute Gasteiger partial charge is 0.0625 e. The normalized spacial score (nSPS) is 58.4. The van der Waals surface area contributed by atoms with Gasteiger partial charge in [0.2, 0.25) is 0 Å². The highest BCUT2D eigenvalue weighted by atomic mass is 14.6. The minimum Gasteiger partial charge on any atom is -0.0625 e. The van der Waals surface area contributed by atoms with E-state index < -0.39 is 0 Å². The molecular formula is C22H38. The molecule has 0 aromatic rings. The summed E-state index contributed by atoms with van der Waals surface area (Å²) < 4.78 is 0.